The van der Waals surface area contributed by atoms with Crippen LogP contribution in [-0.2, 0) is 17.6 Å². The molecule has 144 valence electrons. The van der Waals surface area contributed by atoms with E-state index in [-0.39, 0.29) is 11.8 Å². The Morgan fingerprint density at radius 3 is 2.70 bits per heavy atom. The average Bonchev–Trinajstić information content (AvgIpc) is 2.70. The van der Waals surface area contributed by atoms with Crippen LogP contribution in [0.25, 0.3) is 0 Å². The Hall–Kier alpha value is -2.40. The van der Waals surface area contributed by atoms with Gasteiger partial charge in [-0.15, -0.1) is 0 Å². The van der Waals surface area contributed by atoms with Crippen LogP contribution in [0.4, 0.5) is 0 Å². The Morgan fingerprint density at radius 2 is 1.96 bits per heavy atom. The summed E-state index contributed by atoms with van der Waals surface area (Å²) in [5.74, 6) is 2.10. The van der Waals surface area contributed by atoms with E-state index in [0.717, 1.165) is 23.3 Å². The van der Waals surface area contributed by atoms with Crippen molar-refractivity contribution in [1.82, 2.24) is 4.90 Å². The second kappa shape index (κ2) is 8.53. The molecule has 3 rings (SSSR count). The van der Waals surface area contributed by atoms with Crippen LogP contribution in [0.1, 0.15) is 11.1 Å². The molecule has 0 spiro atoms. The highest BCUT2D eigenvalue weighted by molar-refractivity contribution is 6.30. The van der Waals surface area contributed by atoms with Crippen molar-refractivity contribution >= 4 is 17.5 Å². The van der Waals surface area contributed by atoms with Gasteiger partial charge in [-0.05, 0) is 54.3 Å². The number of likely N-dealkylation sites (N-methyl/N-ethyl adjacent to an activating group) is 1. The van der Waals surface area contributed by atoms with Crippen LogP contribution in [0.3, 0.4) is 0 Å². The molecule has 1 heterocycles. The van der Waals surface area contributed by atoms with E-state index in [1.807, 2.05) is 37.4 Å². The van der Waals surface area contributed by atoms with E-state index in [1.54, 1.807) is 25.2 Å². The number of methoxy groups -OCH3 is 2. The zero-order chi connectivity index (χ0) is 19.4. The van der Waals surface area contributed by atoms with Crippen molar-refractivity contribution in [2.45, 2.75) is 12.8 Å². The fraction of sp³-hybridized carbons (Fsp3) is 0.381. The number of carbonyl (C=O) groups is 1. The number of halogens is 1. The summed E-state index contributed by atoms with van der Waals surface area (Å²) < 4.78 is 16.3. The number of fused-ring (bicyclic) bond motifs is 1. The van der Waals surface area contributed by atoms with Crippen LogP contribution < -0.4 is 14.2 Å². The second-order valence-electron chi connectivity index (χ2n) is 6.66. The first-order valence-corrected chi connectivity index (χ1v) is 9.26. The molecule has 0 aromatic heterocycles. The van der Waals surface area contributed by atoms with Crippen LogP contribution in [-0.4, -0.2) is 45.2 Å². The molecule has 0 fully saturated rings. The molecule has 2 aromatic rings. The first kappa shape index (κ1) is 19.4. The maximum absolute atomic E-state index is 12.8. The van der Waals surface area contributed by atoms with Gasteiger partial charge in [-0.25, -0.2) is 0 Å². The molecule has 1 aliphatic rings. The summed E-state index contributed by atoms with van der Waals surface area (Å²) in [5, 5.41) is 0.659. The standard InChI is InChI=1S/C21H24ClNO4/c1-23(9-8-14-4-6-19(25-2)20(10-14)26-3)21(24)16-11-15-12-17(22)5-7-18(15)27-13-16/h4-7,10,12,16H,8-9,11,13H2,1-3H3/t16-/m1/s1. The minimum Gasteiger partial charge on any atom is -0.493 e. The third-order valence-electron chi connectivity index (χ3n) is 4.84. The van der Waals surface area contributed by atoms with Gasteiger partial charge in [0.2, 0.25) is 5.91 Å². The lowest BCUT2D eigenvalue weighted by molar-refractivity contribution is -0.135. The van der Waals surface area contributed by atoms with Gasteiger partial charge in [-0.1, -0.05) is 17.7 Å². The van der Waals surface area contributed by atoms with Crippen molar-refractivity contribution in [1.29, 1.82) is 0 Å². The van der Waals surface area contributed by atoms with Crippen molar-refractivity contribution in [3.63, 3.8) is 0 Å². The number of hydrogen-bond donors (Lipinski definition) is 0. The molecule has 0 N–H and O–H groups in total. The van der Waals surface area contributed by atoms with Crippen molar-refractivity contribution in [2.75, 3.05) is 34.4 Å². The van der Waals surface area contributed by atoms with Crippen molar-refractivity contribution < 1.29 is 19.0 Å². The lowest BCUT2D eigenvalue weighted by Gasteiger charge is -2.28. The summed E-state index contributed by atoms with van der Waals surface area (Å²) in [7, 11) is 5.06. The molecular formula is C21H24ClNO4. The number of benzene rings is 2. The summed E-state index contributed by atoms with van der Waals surface area (Å²) in [5.41, 5.74) is 2.07. The van der Waals surface area contributed by atoms with Gasteiger partial charge in [0.05, 0.1) is 20.1 Å². The van der Waals surface area contributed by atoms with Crippen LogP contribution in [0.2, 0.25) is 5.02 Å². The predicted octanol–water partition coefficient (Wildman–Crippen LogP) is 3.61. The van der Waals surface area contributed by atoms with Gasteiger partial charge in [0.15, 0.2) is 11.5 Å². The van der Waals surface area contributed by atoms with E-state index in [0.29, 0.717) is 36.1 Å². The summed E-state index contributed by atoms with van der Waals surface area (Å²) in [6.07, 6.45) is 1.38. The molecule has 1 amide bonds. The Bertz CT molecular complexity index is 824. The predicted molar refractivity (Wildman–Crippen MR) is 105 cm³/mol. The molecule has 2 aromatic carbocycles. The molecule has 27 heavy (non-hydrogen) atoms. The molecule has 0 saturated carbocycles. The SMILES string of the molecule is COc1ccc(CCN(C)C(=O)[C@H]2COc3ccc(Cl)cc3C2)cc1OC. The largest absolute Gasteiger partial charge is 0.493 e. The van der Waals surface area contributed by atoms with Crippen molar-refractivity contribution in [3.05, 3.63) is 52.5 Å². The Balaban J connectivity index is 1.60. The normalized spacial score (nSPS) is 15.5. The molecule has 1 atom stereocenters. The Kier molecular flexibility index (Phi) is 6.11. The minimum atomic E-state index is -0.189. The zero-order valence-electron chi connectivity index (χ0n) is 15.8. The fourth-order valence-electron chi connectivity index (χ4n) is 3.28. The highest BCUT2D eigenvalue weighted by Gasteiger charge is 2.28. The topological polar surface area (TPSA) is 48.0 Å². The van der Waals surface area contributed by atoms with Crippen molar-refractivity contribution in [3.8, 4) is 17.2 Å². The second-order valence-corrected chi connectivity index (χ2v) is 7.10. The number of hydrogen-bond acceptors (Lipinski definition) is 4. The van der Waals surface area contributed by atoms with Gasteiger partial charge in [0.1, 0.15) is 12.4 Å². The van der Waals surface area contributed by atoms with E-state index in [2.05, 4.69) is 0 Å². The van der Waals surface area contributed by atoms with Gasteiger partial charge in [-0.3, -0.25) is 4.79 Å². The number of amides is 1. The summed E-state index contributed by atoms with van der Waals surface area (Å²) in [4.78, 5) is 14.6. The van der Waals surface area contributed by atoms with Gasteiger partial charge >= 0.3 is 0 Å². The maximum atomic E-state index is 12.8. The first-order chi connectivity index (χ1) is 13.0. The lowest BCUT2D eigenvalue weighted by Crippen LogP contribution is -2.39. The first-order valence-electron chi connectivity index (χ1n) is 8.89. The molecule has 0 bridgehead atoms. The number of nitrogens with zero attached hydrogens (tertiary/aromatic N) is 1. The van der Waals surface area contributed by atoms with E-state index in [4.69, 9.17) is 25.8 Å². The van der Waals surface area contributed by atoms with E-state index >= 15 is 0 Å². The summed E-state index contributed by atoms with van der Waals surface area (Å²) in [6, 6.07) is 11.4. The molecule has 0 saturated heterocycles. The smallest absolute Gasteiger partial charge is 0.229 e. The Morgan fingerprint density at radius 1 is 1.19 bits per heavy atom. The molecule has 0 radical (unpaired) electrons. The molecule has 0 unspecified atom stereocenters. The quantitative estimate of drug-likeness (QED) is 0.757. The molecule has 6 heteroatoms. The number of carbonyl (C=O) groups excluding carboxylic acids is 1. The summed E-state index contributed by atoms with van der Waals surface area (Å²) in [6.45, 7) is 1.02. The molecular weight excluding hydrogens is 366 g/mol. The van der Waals surface area contributed by atoms with Gasteiger partial charge in [0.25, 0.3) is 0 Å². The number of ether oxygens (including phenoxy) is 3. The van der Waals surface area contributed by atoms with Gasteiger partial charge in [-0.2, -0.15) is 0 Å². The van der Waals surface area contributed by atoms with E-state index in [1.165, 1.54) is 0 Å². The minimum absolute atomic E-state index is 0.0844. The monoisotopic (exact) mass is 389 g/mol. The zero-order valence-corrected chi connectivity index (χ0v) is 16.6. The van der Waals surface area contributed by atoms with Gasteiger partial charge in [0, 0.05) is 18.6 Å². The Labute approximate surface area is 164 Å². The molecule has 0 aliphatic carbocycles. The van der Waals surface area contributed by atoms with Crippen LogP contribution >= 0.6 is 11.6 Å². The van der Waals surface area contributed by atoms with Crippen LogP contribution in [0.15, 0.2) is 36.4 Å². The van der Waals surface area contributed by atoms with E-state index < -0.39 is 0 Å². The lowest BCUT2D eigenvalue weighted by atomic mass is 9.95. The van der Waals surface area contributed by atoms with E-state index in [9.17, 15) is 4.79 Å². The third-order valence-corrected chi connectivity index (χ3v) is 5.07. The fourth-order valence-corrected chi connectivity index (χ4v) is 3.47. The van der Waals surface area contributed by atoms with Crippen LogP contribution in [0, 0.1) is 5.92 Å². The van der Waals surface area contributed by atoms with Gasteiger partial charge < -0.3 is 19.1 Å². The molecule has 5 nitrogen and oxygen atoms in total. The number of rotatable bonds is 6. The maximum Gasteiger partial charge on any atom is 0.229 e. The molecule has 1 aliphatic heterocycles. The third kappa shape index (κ3) is 4.48. The van der Waals surface area contributed by atoms with Crippen molar-refractivity contribution in [2.24, 2.45) is 5.92 Å². The average molecular weight is 390 g/mol. The highest BCUT2D eigenvalue weighted by atomic mass is 35.5. The summed E-state index contributed by atoms with van der Waals surface area (Å²) >= 11 is 6.06. The highest BCUT2D eigenvalue weighted by Crippen LogP contribution is 2.31. The van der Waals surface area contributed by atoms with Crippen LogP contribution in [0.5, 0.6) is 17.2 Å².